The zero-order valence-corrected chi connectivity index (χ0v) is 13.9. The minimum absolute atomic E-state index is 0. The Hall–Kier alpha value is -0.280. The lowest BCUT2D eigenvalue weighted by molar-refractivity contribution is -0.131. The lowest BCUT2D eigenvalue weighted by atomic mass is 9.49. The number of hydrogen-bond acceptors (Lipinski definition) is 2. The topological polar surface area (TPSA) is 41.1 Å². The molecule has 4 saturated carbocycles. The van der Waals surface area contributed by atoms with E-state index in [0.717, 1.165) is 43.8 Å². The predicted molar refractivity (Wildman–Crippen MR) is 86.5 cm³/mol. The molecule has 0 aromatic heterocycles. The van der Waals surface area contributed by atoms with Gasteiger partial charge in [-0.05, 0) is 81.6 Å². The second-order valence-electron chi connectivity index (χ2n) is 8.59. The van der Waals surface area contributed by atoms with Gasteiger partial charge in [0.15, 0.2) is 0 Å². The summed E-state index contributed by atoms with van der Waals surface area (Å²) in [4.78, 5) is 12.5. The highest BCUT2D eigenvalue weighted by molar-refractivity contribution is 5.85. The molecule has 1 amide bonds. The molecule has 3 nitrogen and oxygen atoms in total. The number of carbonyl (C=O) groups excluding carboxylic acids is 1. The van der Waals surface area contributed by atoms with Crippen molar-refractivity contribution in [2.75, 3.05) is 19.6 Å². The van der Waals surface area contributed by atoms with Gasteiger partial charge >= 0.3 is 0 Å². The second-order valence-corrected chi connectivity index (χ2v) is 8.59. The number of hydrogen-bond donors (Lipinski definition) is 2. The first kappa shape index (κ1) is 15.6. The van der Waals surface area contributed by atoms with E-state index in [1.54, 1.807) is 0 Å². The summed E-state index contributed by atoms with van der Waals surface area (Å²) in [5.41, 5.74) is 0.301. The van der Waals surface area contributed by atoms with Crippen LogP contribution >= 0.6 is 12.4 Å². The molecule has 4 aliphatic carbocycles. The number of halogens is 1. The molecule has 1 saturated heterocycles. The third-order valence-electron chi connectivity index (χ3n) is 6.71. The molecule has 0 aromatic carbocycles. The Labute approximate surface area is 134 Å². The number of rotatable bonds is 3. The SMILES string of the molecule is CC1(C(=O)NCC23CC4CC(CC(C4)C2)C3)CCNC1.Cl. The van der Waals surface area contributed by atoms with Crippen molar-refractivity contribution >= 4 is 18.3 Å². The van der Waals surface area contributed by atoms with Gasteiger partial charge in [0.2, 0.25) is 5.91 Å². The minimum Gasteiger partial charge on any atom is -0.355 e. The first-order valence-corrected chi connectivity index (χ1v) is 8.56. The number of nitrogens with one attached hydrogen (secondary N) is 2. The third-order valence-corrected chi connectivity index (χ3v) is 6.71. The Balaban J connectivity index is 0.00000132. The molecule has 5 fully saturated rings. The van der Waals surface area contributed by atoms with Crippen molar-refractivity contribution in [1.29, 1.82) is 0 Å². The molecule has 5 aliphatic rings. The maximum Gasteiger partial charge on any atom is 0.227 e. The molecule has 4 bridgehead atoms. The van der Waals surface area contributed by atoms with E-state index in [1.165, 1.54) is 38.5 Å². The van der Waals surface area contributed by atoms with E-state index in [0.29, 0.717) is 11.3 Å². The fraction of sp³-hybridized carbons (Fsp3) is 0.941. The smallest absolute Gasteiger partial charge is 0.227 e. The third kappa shape index (κ3) is 2.72. The molecule has 21 heavy (non-hydrogen) atoms. The van der Waals surface area contributed by atoms with E-state index < -0.39 is 0 Å². The molecular formula is C17H29ClN2O. The van der Waals surface area contributed by atoms with Crippen LogP contribution in [0.5, 0.6) is 0 Å². The van der Waals surface area contributed by atoms with Gasteiger partial charge in [0, 0.05) is 13.1 Å². The van der Waals surface area contributed by atoms with Crippen LogP contribution in [0.25, 0.3) is 0 Å². The second kappa shape index (κ2) is 5.42. The van der Waals surface area contributed by atoms with Crippen molar-refractivity contribution in [3.8, 4) is 0 Å². The highest BCUT2D eigenvalue weighted by atomic mass is 35.5. The average Bonchev–Trinajstić information content (AvgIpc) is 2.83. The molecule has 0 radical (unpaired) electrons. The Morgan fingerprint density at radius 1 is 1.14 bits per heavy atom. The Morgan fingerprint density at radius 3 is 2.19 bits per heavy atom. The van der Waals surface area contributed by atoms with Gasteiger partial charge in [0.1, 0.15) is 0 Å². The normalized spacial score (nSPS) is 47.2. The van der Waals surface area contributed by atoms with Crippen molar-refractivity contribution in [2.45, 2.75) is 51.9 Å². The van der Waals surface area contributed by atoms with Gasteiger partial charge in [0.05, 0.1) is 5.41 Å². The van der Waals surface area contributed by atoms with Gasteiger partial charge in [-0.2, -0.15) is 0 Å². The molecule has 1 heterocycles. The molecule has 5 rings (SSSR count). The van der Waals surface area contributed by atoms with Gasteiger partial charge in [-0.15, -0.1) is 12.4 Å². The molecule has 0 aromatic rings. The van der Waals surface area contributed by atoms with Gasteiger partial charge < -0.3 is 10.6 Å². The van der Waals surface area contributed by atoms with Crippen LogP contribution in [0.4, 0.5) is 0 Å². The molecule has 0 spiro atoms. The lowest BCUT2D eigenvalue weighted by Gasteiger charge is -2.57. The van der Waals surface area contributed by atoms with E-state index in [2.05, 4.69) is 17.6 Å². The van der Waals surface area contributed by atoms with E-state index in [-0.39, 0.29) is 17.8 Å². The summed E-state index contributed by atoms with van der Waals surface area (Å²) in [7, 11) is 0. The Morgan fingerprint density at radius 2 is 1.71 bits per heavy atom. The summed E-state index contributed by atoms with van der Waals surface area (Å²) in [5, 5.41) is 6.67. The van der Waals surface area contributed by atoms with Gasteiger partial charge in [0.25, 0.3) is 0 Å². The largest absolute Gasteiger partial charge is 0.355 e. The van der Waals surface area contributed by atoms with E-state index in [9.17, 15) is 4.79 Å². The van der Waals surface area contributed by atoms with Crippen LogP contribution in [-0.4, -0.2) is 25.5 Å². The highest BCUT2D eigenvalue weighted by Crippen LogP contribution is 2.59. The van der Waals surface area contributed by atoms with Crippen molar-refractivity contribution in [1.82, 2.24) is 10.6 Å². The minimum atomic E-state index is -0.164. The summed E-state index contributed by atoms with van der Waals surface area (Å²) in [6.45, 7) is 4.90. The predicted octanol–water partition coefficient (Wildman–Crippen LogP) is 2.74. The monoisotopic (exact) mass is 312 g/mol. The number of amides is 1. The van der Waals surface area contributed by atoms with E-state index >= 15 is 0 Å². The molecule has 120 valence electrons. The van der Waals surface area contributed by atoms with Gasteiger partial charge in [-0.3, -0.25) is 4.79 Å². The van der Waals surface area contributed by atoms with Crippen LogP contribution < -0.4 is 10.6 Å². The summed E-state index contributed by atoms with van der Waals surface area (Å²) in [5.74, 6) is 3.21. The van der Waals surface area contributed by atoms with Crippen molar-refractivity contribution in [3.63, 3.8) is 0 Å². The van der Waals surface area contributed by atoms with E-state index in [1.807, 2.05) is 0 Å². The van der Waals surface area contributed by atoms with Crippen LogP contribution in [0.3, 0.4) is 0 Å². The zero-order valence-electron chi connectivity index (χ0n) is 13.1. The van der Waals surface area contributed by atoms with Crippen molar-refractivity contribution in [3.05, 3.63) is 0 Å². The summed E-state index contributed by atoms with van der Waals surface area (Å²) < 4.78 is 0. The van der Waals surface area contributed by atoms with Gasteiger partial charge in [-0.25, -0.2) is 0 Å². The lowest BCUT2D eigenvalue weighted by Crippen LogP contribution is -2.53. The quantitative estimate of drug-likeness (QED) is 0.841. The first-order chi connectivity index (χ1) is 9.57. The zero-order chi connectivity index (χ0) is 13.8. The molecular weight excluding hydrogens is 284 g/mol. The van der Waals surface area contributed by atoms with Crippen LogP contribution in [0.2, 0.25) is 0 Å². The Kier molecular flexibility index (Phi) is 4.03. The van der Waals surface area contributed by atoms with Crippen LogP contribution in [0.15, 0.2) is 0 Å². The van der Waals surface area contributed by atoms with E-state index in [4.69, 9.17) is 0 Å². The molecule has 1 aliphatic heterocycles. The van der Waals surface area contributed by atoms with Crippen LogP contribution in [-0.2, 0) is 4.79 Å². The molecule has 2 N–H and O–H groups in total. The standard InChI is InChI=1S/C17H28N2O.ClH/c1-16(2-3-18-10-16)15(20)19-11-17-7-12-4-13(8-17)6-14(5-12)9-17;/h12-14,18H,2-11H2,1H3,(H,19,20);1H. The fourth-order valence-corrected chi connectivity index (χ4v) is 6.00. The maximum absolute atomic E-state index is 12.5. The number of carbonyl (C=O) groups is 1. The fourth-order valence-electron chi connectivity index (χ4n) is 6.00. The van der Waals surface area contributed by atoms with Crippen LogP contribution in [0, 0.1) is 28.6 Å². The molecule has 4 heteroatoms. The van der Waals surface area contributed by atoms with Crippen molar-refractivity contribution in [2.24, 2.45) is 28.6 Å². The van der Waals surface area contributed by atoms with Gasteiger partial charge in [-0.1, -0.05) is 0 Å². The Bertz CT molecular complexity index is 382. The summed E-state index contributed by atoms with van der Waals surface area (Å²) >= 11 is 0. The first-order valence-electron chi connectivity index (χ1n) is 8.56. The average molecular weight is 313 g/mol. The highest BCUT2D eigenvalue weighted by Gasteiger charge is 2.51. The van der Waals surface area contributed by atoms with Crippen LogP contribution in [0.1, 0.15) is 51.9 Å². The molecule has 1 unspecified atom stereocenters. The molecule has 1 atom stereocenters. The maximum atomic E-state index is 12.5. The van der Waals surface area contributed by atoms with Crippen molar-refractivity contribution < 1.29 is 4.79 Å². The summed E-state index contributed by atoms with van der Waals surface area (Å²) in [6, 6.07) is 0. The summed E-state index contributed by atoms with van der Waals surface area (Å²) in [6.07, 6.45) is 9.58.